The molecule has 3 atom stereocenters. The van der Waals surface area contributed by atoms with Crippen molar-refractivity contribution < 1.29 is 9.90 Å². The van der Waals surface area contributed by atoms with Crippen LogP contribution in [0.25, 0.3) is 0 Å². The van der Waals surface area contributed by atoms with Gasteiger partial charge in [-0.25, -0.2) is 0 Å². The zero-order valence-corrected chi connectivity index (χ0v) is 12.9. The highest BCUT2D eigenvalue weighted by molar-refractivity contribution is 7.98. The van der Waals surface area contributed by atoms with Crippen LogP contribution in [-0.4, -0.2) is 35.1 Å². The van der Waals surface area contributed by atoms with Crippen molar-refractivity contribution >= 4 is 17.7 Å². The van der Waals surface area contributed by atoms with Gasteiger partial charge in [-0.1, -0.05) is 30.3 Å². The molecule has 0 saturated carbocycles. The first kappa shape index (κ1) is 17.0. The fourth-order valence-electron chi connectivity index (χ4n) is 1.93. The fraction of sp³-hybridized carbons (Fsp3) is 0.533. The summed E-state index contributed by atoms with van der Waals surface area (Å²) in [6.45, 7) is 1.88. The second-order valence-corrected chi connectivity index (χ2v) is 5.95. The number of aliphatic hydroxyl groups excluding tert-OH is 1. The van der Waals surface area contributed by atoms with Crippen LogP contribution < -0.4 is 11.1 Å². The molecule has 1 rings (SSSR count). The minimum Gasteiger partial charge on any atom is -0.388 e. The SMILES string of the molecule is CSCC[C@H](N)C(=O)NC(C)CC(O)c1ccccc1. The van der Waals surface area contributed by atoms with E-state index >= 15 is 0 Å². The monoisotopic (exact) mass is 296 g/mol. The number of rotatable bonds is 8. The molecule has 1 aromatic rings. The molecule has 5 heteroatoms. The van der Waals surface area contributed by atoms with Crippen molar-refractivity contribution in [1.82, 2.24) is 5.32 Å². The van der Waals surface area contributed by atoms with E-state index in [1.54, 1.807) is 11.8 Å². The topological polar surface area (TPSA) is 75.4 Å². The lowest BCUT2D eigenvalue weighted by Crippen LogP contribution is -2.45. The Bertz CT molecular complexity index is 400. The van der Waals surface area contributed by atoms with Crippen LogP contribution >= 0.6 is 11.8 Å². The Morgan fingerprint density at radius 2 is 2.05 bits per heavy atom. The average molecular weight is 296 g/mol. The molecule has 0 spiro atoms. The molecule has 0 saturated heterocycles. The molecule has 0 fully saturated rings. The minimum atomic E-state index is -0.575. The van der Waals surface area contributed by atoms with Crippen LogP contribution in [0.15, 0.2) is 30.3 Å². The fourth-order valence-corrected chi connectivity index (χ4v) is 2.42. The van der Waals surface area contributed by atoms with Gasteiger partial charge < -0.3 is 16.2 Å². The van der Waals surface area contributed by atoms with Gasteiger partial charge in [0.1, 0.15) is 0 Å². The molecule has 0 radical (unpaired) electrons. The summed E-state index contributed by atoms with van der Waals surface area (Å²) >= 11 is 1.67. The summed E-state index contributed by atoms with van der Waals surface area (Å²) in [6, 6.07) is 8.86. The predicted octanol–water partition coefficient (Wildman–Crippen LogP) is 1.70. The number of aliphatic hydroxyl groups is 1. The summed E-state index contributed by atoms with van der Waals surface area (Å²) in [7, 11) is 0. The maximum Gasteiger partial charge on any atom is 0.237 e. The first-order chi connectivity index (χ1) is 9.54. The molecule has 4 nitrogen and oxygen atoms in total. The van der Waals surface area contributed by atoms with E-state index in [1.807, 2.05) is 43.5 Å². The average Bonchev–Trinajstić information content (AvgIpc) is 2.45. The van der Waals surface area contributed by atoms with E-state index in [4.69, 9.17) is 5.73 Å². The Morgan fingerprint density at radius 3 is 2.65 bits per heavy atom. The van der Waals surface area contributed by atoms with Gasteiger partial charge in [-0.05, 0) is 37.3 Å². The summed E-state index contributed by atoms with van der Waals surface area (Å²) in [5.41, 5.74) is 6.67. The molecule has 0 aliphatic heterocycles. The lowest BCUT2D eigenvalue weighted by atomic mass is 10.0. The maximum absolute atomic E-state index is 11.9. The highest BCUT2D eigenvalue weighted by atomic mass is 32.2. The number of amides is 1. The number of hydrogen-bond acceptors (Lipinski definition) is 4. The van der Waals surface area contributed by atoms with E-state index in [0.717, 1.165) is 11.3 Å². The standard InChI is InChI=1S/C15H24N2O2S/c1-11(17-15(19)13(16)8-9-20-2)10-14(18)12-6-4-3-5-7-12/h3-7,11,13-14,18H,8-10,16H2,1-2H3,(H,17,19)/t11?,13-,14?/m0/s1. The van der Waals surface area contributed by atoms with Crippen LogP contribution in [0, 0.1) is 0 Å². The van der Waals surface area contributed by atoms with Crippen molar-refractivity contribution in [2.24, 2.45) is 5.73 Å². The molecular formula is C15H24N2O2S. The number of carbonyl (C=O) groups excluding carboxylic acids is 1. The Kier molecular flexibility index (Phi) is 7.65. The highest BCUT2D eigenvalue weighted by Crippen LogP contribution is 2.17. The largest absolute Gasteiger partial charge is 0.388 e. The van der Waals surface area contributed by atoms with Crippen LogP contribution in [0.1, 0.15) is 31.4 Å². The highest BCUT2D eigenvalue weighted by Gasteiger charge is 2.18. The molecule has 20 heavy (non-hydrogen) atoms. The van der Waals surface area contributed by atoms with Crippen LogP contribution in [-0.2, 0) is 4.79 Å². The van der Waals surface area contributed by atoms with E-state index in [2.05, 4.69) is 5.32 Å². The van der Waals surface area contributed by atoms with Gasteiger partial charge >= 0.3 is 0 Å². The van der Waals surface area contributed by atoms with Crippen LogP contribution in [0.5, 0.6) is 0 Å². The van der Waals surface area contributed by atoms with E-state index in [0.29, 0.717) is 12.8 Å². The summed E-state index contributed by atoms with van der Waals surface area (Å²) < 4.78 is 0. The van der Waals surface area contributed by atoms with E-state index in [-0.39, 0.29) is 11.9 Å². The quantitative estimate of drug-likeness (QED) is 0.682. The smallest absolute Gasteiger partial charge is 0.237 e. The number of nitrogens with one attached hydrogen (secondary N) is 1. The molecule has 0 aliphatic rings. The van der Waals surface area contributed by atoms with Crippen molar-refractivity contribution in [1.29, 1.82) is 0 Å². The molecule has 1 amide bonds. The van der Waals surface area contributed by atoms with E-state index in [9.17, 15) is 9.90 Å². The lowest BCUT2D eigenvalue weighted by Gasteiger charge is -2.20. The van der Waals surface area contributed by atoms with Gasteiger partial charge in [0.25, 0.3) is 0 Å². The van der Waals surface area contributed by atoms with E-state index in [1.165, 1.54) is 0 Å². The van der Waals surface area contributed by atoms with Crippen molar-refractivity contribution in [2.45, 2.75) is 38.0 Å². The van der Waals surface area contributed by atoms with Crippen molar-refractivity contribution in [3.63, 3.8) is 0 Å². The van der Waals surface area contributed by atoms with Crippen LogP contribution in [0.2, 0.25) is 0 Å². The molecule has 112 valence electrons. The Hall–Kier alpha value is -1.04. The van der Waals surface area contributed by atoms with Crippen LogP contribution in [0.4, 0.5) is 0 Å². The third kappa shape index (κ3) is 5.94. The summed E-state index contributed by atoms with van der Waals surface area (Å²) in [6.07, 6.45) is 2.56. The zero-order valence-electron chi connectivity index (χ0n) is 12.1. The molecule has 0 aliphatic carbocycles. The van der Waals surface area contributed by atoms with Gasteiger partial charge in [0.15, 0.2) is 0 Å². The zero-order chi connectivity index (χ0) is 15.0. The Labute approximate surface area is 125 Å². The van der Waals surface area contributed by atoms with Gasteiger partial charge in [0, 0.05) is 6.04 Å². The summed E-state index contributed by atoms with van der Waals surface area (Å²) in [4.78, 5) is 11.9. The normalized spacial score (nSPS) is 15.4. The summed E-state index contributed by atoms with van der Waals surface area (Å²) in [5.74, 6) is 0.724. The molecule has 4 N–H and O–H groups in total. The molecular weight excluding hydrogens is 272 g/mol. The number of thioether (sulfide) groups is 1. The van der Waals surface area contributed by atoms with E-state index < -0.39 is 12.1 Å². The number of hydrogen-bond donors (Lipinski definition) is 3. The molecule has 0 aromatic heterocycles. The van der Waals surface area contributed by atoms with Gasteiger partial charge in [0.05, 0.1) is 12.1 Å². The van der Waals surface area contributed by atoms with Crippen molar-refractivity contribution in [3.05, 3.63) is 35.9 Å². The molecule has 0 bridgehead atoms. The second kappa shape index (κ2) is 9.00. The molecule has 2 unspecified atom stereocenters. The van der Waals surface area contributed by atoms with Crippen molar-refractivity contribution in [3.8, 4) is 0 Å². The van der Waals surface area contributed by atoms with Crippen LogP contribution in [0.3, 0.4) is 0 Å². The Morgan fingerprint density at radius 1 is 1.40 bits per heavy atom. The number of nitrogens with two attached hydrogens (primary N) is 1. The van der Waals surface area contributed by atoms with Gasteiger partial charge in [-0.2, -0.15) is 11.8 Å². The van der Waals surface area contributed by atoms with Gasteiger partial charge in [0.2, 0.25) is 5.91 Å². The number of carbonyl (C=O) groups is 1. The lowest BCUT2D eigenvalue weighted by molar-refractivity contribution is -0.123. The molecule has 0 heterocycles. The number of benzene rings is 1. The predicted molar refractivity (Wildman–Crippen MR) is 84.6 cm³/mol. The summed E-state index contributed by atoms with van der Waals surface area (Å²) in [5, 5.41) is 13.0. The Balaban J connectivity index is 2.39. The van der Waals surface area contributed by atoms with Gasteiger partial charge in [-0.15, -0.1) is 0 Å². The van der Waals surface area contributed by atoms with Crippen molar-refractivity contribution in [2.75, 3.05) is 12.0 Å². The first-order valence-electron chi connectivity index (χ1n) is 6.82. The minimum absolute atomic E-state index is 0.113. The third-order valence-electron chi connectivity index (χ3n) is 3.12. The first-order valence-corrected chi connectivity index (χ1v) is 8.22. The second-order valence-electron chi connectivity index (χ2n) is 4.96. The maximum atomic E-state index is 11.9. The third-order valence-corrected chi connectivity index (χ3v) is 3.76. The molecule has 1 aromatic carbocycles. The van der Waals surface area contributed by atoms with Gasteiger partial charge in [-0.3, -0.25) is 4.79 Å².